The van der Waals surface area contributed by atoms with Crippen LogP contribution in [-0.2, 0) is 38.8 Å². The zero-order valence-electron chi connectivity index (χ0n) is 37.5. The minimum atomic E-state index is -4.36. The van der Waals surface area contributed by atoms with Crippen LogP contribution in [0.1, 0.15) is 32.1 Å². The summed E-state index contributed by atoms with van der Waals surface area (Å²) in [6, 6.07) is 21.0. The lowest BCUT2D eigenvalue weighted by Gasteiger charge is -2.33. The Morgan fingerprint density at radius 1 is 0.985 bits per heavy atom. The quantitative estimate of drug-likeness (QED) is 0.0665. The fourth-order valence-corrected chi connectivity index (χ4v) is 8.99. The summed E-state index contributed by atoms with van der Waals surface area (Å²) in [6.45, 7) is 6.78. The number of nitrogens with one attached hydrogen (secondary N) is 3. The summed E-state index contributed by atoms with van der Waals surface area (Å²) in [5, 5.41) is 5.95. The predicted molar refractivity (Wildman–Crippen MR) is 249 cm³/mol. The molecular formula is C49H53N7O10S. The maximum Gasteiger partial charge on any atom is 0.264 e. The number of hydrogen-bond donors (Lipinski definition) is 3. The highest BCUT2D eigenvalue weighted by atomic mass is 32.2. The standard InChI is InChI=1S/C49H53N7O10S/c1-7-25-54(4)44(58)21-16-22-45(59)55(5)41(30-50-43(57)9-3)47(61)56-31-35(66-42-28-38(32-17-12-10-13-18-32)51-39-26-34(65-6)23-24-37(39)42)27-40(56)46(60)52-49(29-33(49)8-2)48(62)53-67(63,64)36-19-14-11-15-20-36/h1,8-15,17-20,23-24,26,28,33,35,40-41H,2-3,16,21-22,25,27,29-31H2,4-6H3,(H,50,57)(H,52,60)(H,53,62)/t33-,35-,40+,41+,49-/m1/s1. The first-order chi connectivity index (χ1) is 32.0. The first-order valence-electron chi connectivity index (χ1n) is 21.5. The van der Waals surface area contributed by atoms with Gasteiger partial charge >= 0.3 is 0 Å². The predicted octanol–water partition coefficient (Wildman–Crippen LogP) is 3.22. The number of pyridine rings is 1. The van der Waals surface area contributed by atoms with Crippen molar-refractivity contribution < 1.29 is 46.7 Å². The van der Waals surface area contributed by atoms with Crippen molar-refractivity contribution in [1.29, 1.82) is 0 Å². The van der Waals surface area contributed by atoms with E-state index in [4.69, 9.17) is 20.9 Å². The van der Waals surface area contributed by atoms with E-state index in [-0.39, 0.29) is 62.5 Å². The molecule has 3 N–H and O–H groups in total. The summed E-state index contributed by atoms with van der Waals surface area (Å²) in [6.07, 6.45) is 6.80. The smallest absolute Gasteiger partial charge is 0.264 e. The summed E-state index contributed by atoms with van der Waals surface area (Å²) in [7, 11) is 0.104. The lowest BCUT2D eigenvalue weighted by atomic mass is 10.1. The van der Waals surface area contributed by atoms with Gasteiger partial charge in [-0.1, -0.05) is 67.1 Å². The van der Waals surface area contributed by atoms with Gasteiger partial charge in [0.05, 0.1) is 36.3 Å². The van der Waals surface area contributed by atoms with Gasteiger partial charge in [0.2, 0.25) is 29.5 Å². The molecule has 0 spiro atoms. The van der Waals surface area contributed by atoms with Crippen molar-refractivity contribution in [2.75, 3.05) is 40.8 Å². The Bertz CT molecular complexity index is 2710. The Morgan fingerprint density at radius 3 is 2.31 bits per heavy atom. The zero-order valence-corrected chi connectivity index (χ0v) is 38.3. The number of sulfonamides is 1. The first-order valence-corrected chi connectivity index (χ1v) is 23.0. The largest absolute Gasteiger partial charge is 0.497 e. The Labute approximate surface area is 389 Å². The summed E-state index contributed by atoms with van der Waals surface area (Å²) in [5.41, 5.74) is 0.162. The van der Waals surface area contributed by atoms with Gasteiger partial charge in [-0.15, -0.1) is 13.0 Å². The number of nitrogens with zero attached hydrogens (tertiary/aromatic N) is 4. The van der Waals surface area contributed by atoms with E-state index in [0.29, 0.717) is 28.1 Å². The van der Waals surface area contributed by atoms with Crippen LogP contribution in [0.2, 0.25) is 0 Å². The van der Waals surface area contributed by atoms with E-state index in [1.54, 1.807) is 37.4 Å². The normalized spacial score (nSPS) is 18.9. The maximum absolute atomic E-state index is 15.0. The average Bonchev–Trinajstić information content (AvgIpc) is 3.89. The molecule has 2 heterocycles. The Hall–Kier alpha value is -7.52. The number of carbonyl (C=O) groups is 6. The van der Waals surface area contributed by atoms with E-state index in [2.05, 4.69) is 34.4 Å². The second-order valence-corrected chi connectivity index (χ2v) is 18.0. The van der Waals surface area contributed by atoms with Crippen molar-refractivity contribution in [3.05, 3.63) is 110 Å². The molecule has 6 rings (SSSR count). The second-order valence-electron chi connectivity index (χ2n) is 16.3. The summed E-state index contributed by atoms with van der Waals surface area (Å²) in [4.78, 5) is 90.9. The number of likely N-dealkylation sites (tertiary alicyclic amines) is 1. The van der Waals surface area contributed by atoms with Gasteiger partial charge in [-0.05, 0) is 43.2 Å². The minimum absolute atomic E-state index is 0.00704. The van der Waals surface area contributed by atoms with Crippen LogP contribution >= 0.6 is 0 Å². The number of terminal acetylenes is 1. The molecule has 18 heteroatoms. The van der Waals surface area contributed by atoms with Gasteiger partial charge in [0.15, 0.2) is 0 Å². The summed E-state index contributed by atoms with van der Waals surface area (Å²) in [5.74, 6) is -1.31. The van der Waals surface area contributed by atoms with E-state index in [1.807, 2.05) is 30.3 Å². The van der Waals surface area contributed by atoms with Crippen LogP contribution in [0.15, 0.2) is 115 Å². The van der Waals surface area contributed by atoms with Crippen molar-refractivity contribution in [1.82, 2.24) is 35.0 Å². The van der Waals surface area contributed by atoms with Crippen molar-refractivity contribution in [3.63, 3.8) is 0 Å². The lowest BCUT2D eigenvalue weighted by Crippen LogP contribution is -2.59. The van der Waals surface area contributed by atoms with E-state index in [1.165, 1.54) is 54.3 Å². The highest BCUT2D eigenvalue weighted by Gasteiger charge is 2.61. The van der Waals surface area contributed by atoms with Crippen molar-refractivity contribution >= 4 is 56.4 Å². The number of carbonyl (C=O) groups excluding carboxylic acids is 6. The van der Waals surface area contributed by atoms with Gasteiger partial charge in [0, 0.05) is 68.9 Å². The van der Waals surface area contributed by atoms with Crippen LogP contribution in [0.5, 0.6) is 11.5 Å². The monoisotopic (exact) mass is 931 g/mol. The third-order valence-corrected chi connectivity index (χ3v) is 13.2. The average molecular weight is 932 g/mol. The van der Waals surface area contributed by atoms with Gasteiger partial charge < -0.3 is 34.8 Å². The highest BCUT2D eigenvalue weighted by Crippen LogP contribution is 2.45. The molecule has 0 radical (unpaired) electrons. The van der Waals surface area contributed by atoms with E-state index in [0.717, 1.165) is 16.5 Å². The molecule has 2 fully saturated rings. The molecule has 3 aromatic carbocycles. The molecule has 4 aromatic rings. The number of benzene rings is 3. The topological polar surface area (TPSA) is 214 Å². The molecule has 67 heavy (non-hydrogen) atoms. The number of amides is 6. The molecule has 5 atom stereocenters. The molecule has 17 nitrogen and oxygen atoms in total. The van der Waals surface area contributed by atoms with Gasteiger partial charge in [0.1, 0.15) is 35.2 Å². The SMILES string of the molecule is C#CCN(C)C(=O)CCCC(=O)N(C)[C@@H](CNC(=O)C=C)C(=O)N1C[C@H](Oc2cc(-c3ccccc3)nc3cc(OC)ccc23)C[C@H]1C(=O)N[C@]1(C(=O)NS(=O)(=O)c2ccccc2)C[C@H]1C=C. The second kappa shape index (κ2) is 21.2. The molecular weight excluding hydrogens is 879 g/mol. The summed E-state index contributed by atoms with van der Waals surface area (Å²) < 4.78 is 40.9. The number of ether oxygens (including phenoxy) is 2. The minimum Gasteiger partial charge on any atom is -0.497 e. The molecule has 1 aromatic heterocycles. The van der Waals surface area contributed by atoms with Crippen molar-refractivity contribution in [2.24, 2.45) is 5.92 Å². The number of fused-ring (bicyclic) bond motifs is 1. The molecule has 0 bridgehead atoms. The van der Waals surface area contributed by atoms with Gasteiger partial charge in [-0.2, -0.15) is 0 Å². The molecule has 350 valence electrons. The molecule has 6 amide bonds. The van der Waals surface area contributed by atoms with Crippen molar-refractivity contribution in [2.45, 2.75) is 60.7 Å². The lowest BCUT2D eigenvalue weighted by molar-refractivity contribution is -0.148. The third-order valence-electron chi connectivity index (χ3n) is 11.9. The van der Waals surface area contributed by atoms with Crippen LogP contribution in [0.3, 0.4) is 0 Å². The number of likely N-dealkylation sites (N-methyl/N-ethyl adjacent to an activating group) is 1. The molecule has 1 saturated heterocycles. The fraction of sp³-hybridized carbons (Fsp3) is 0.327. The molecule has 2 aliphatic rings. The number of aromatic nitrogens is 1. The highest BCUT2D eigenvalue weighted by molar-refractivity contribution is 7.90. The fourth-order valence-electron chi connectivity index (χ4n) is 7.93. The Balaban J connectivity index is 1.34. The number of hydrogen-bond acceptors (Lipinski definition) is 11. The Morgan fingerprint density at radius 2 is 1.67 bits per heavy atom. The zero-order chi connectivity index (χ0) is 48.5. The van der Waals surface area contributed by atoms with E-state index in [9.17, 15) is 37.2 Å². The number of rotatable bonds is 20. The molecule has 0 unspecified atom stereocenters. The van der Waals surface area contributed by atoms with E-state index < -0.39 is 69.2 Å². The van der Waals surface area contributed by atoms with E-state index >= 15 is 0 Å². The maximum atomic E-state index is 15.0. The van der Waals surface area contributed by atoms with Crippen LogP contribution in [-0.4, -0.2) is 128 Å². The van der Waals surface area contributed by atoms with Crippen LogP contribution in [0.4, 0.5) is 0 Å². The third kappa shape index (κ3) is 11.3. The molecule has 1 aliphatic carbocycles. The van der Waals surface area contributed by atoms with Crippen LogP contribution < -0.4 is 24.8 Å². The van der Waals surface area contributed by atoms with Gasteiger partial charge in [-0.3, -0.25) is 28.8 Å². The van der Waals surface area contributed by atoms with Gasteiger partial charge in [0.25, 0.3) is 15.9 Å². The van der Waals surface area contributed by atoms with Gasteiger partial charge in [-0.25, -0.2) is 18.1 Å². The van der Waals surface area contributed by atoms with Crippen molar-refractivity contribution in [3.8, 4) is 35.1 Å². The molecule has 1 aliphatic heterocycles. The van der Waals surface area contributed by atoms with Crippen LogP contribution in [0, 0.1) is 18.3 Å². The molecule has 1 saturated carbocycles. The first kappa shape index (κ1) is 48.9. The summed E-state index contributed by atoms with van der Waals surface area (Å²) >= 11 is 0. The Kier molecular flexibility index (Phi) is 15.5. The number of methoxy groups -OCH3 is 1. The van der Waals surface area contributed by atoms with Crippen LogP contribution in [0.25, 0.3) is 22.2 Å².